The van der Waals surface area contributed by atoms with Crippen molar-refractivity contribution in [1.29, 1.82) is 0 Å². The van der Waals surface area contributed by atoms with Gasteiger partial charge in [-0.25, -0.2) is 0 Å². The second-order valence-electron chi connectivity index (χ2n) is 5.68. The van der Waals surface area contributed by atoms with Gasteiger partial charge in [-0.05, 0) is 60.7 Å². The van der Waals surface area contributed by atoms with E-state index in [1.807, 2.05) is 60.7 Å². The fraction of sp³-hybridized carbons (Fsp3) is 0.0909. The zero-order valence-electron chi connectivity index (χ0n) is 15.0. The van der Waals surface area contributed by atoms with Crippen molar-refractivity contribution in [3.8, 4) is 22.6 Å². The lowest BCUT2D eigenvalue weighted by Gasteiger charge is -2.00. The maximum atomic E-state index is 6.00. The van der Waals surface area contributed by atoms with E-state index in [0.717, 1.165) is 34.0 Å². The molecule has 3 aromatic rings. The molecule has 0 atom stereocenters. The Bertz CT molecular complexity index is 873. The molecule has 1 heterocycles. The molecule has 0 radical (unpaired) electrons. The third-order valence-electron chi connectivity index (χ3n) is 3.70. The Labute approximate surface area is 158 Å². The van der Waals surface area contributed by atoms with Crippen LogP contribution in [0.25, 0.3) is 22.6 Å². The SMILES string of the molecule is C=CCN=Nc1ccc(-c2ccc(-c3ccc(N=NCC=C)cc3)o2)cc1. The minimum Gasteiger partial charge on any atom is -0.456 e. The van der Waals surface area contributed by atoms with Gasteiger partial charge in [-0.2, -0.15) is 20.5 Å². The van der Waals surface area contributed by atoms with Gasteiger partial charge in [0, 0.05) is 11.1 Å². The van der Waals surface area contributed by atoms with Crippen molar-refractivity contribution >= 4 is 11.4 Å². The van der Waals surface area contributed by atoms with Crippen LogP contribution in [0.4, 0.5) is 11.4 Å². The van der Waals surface area contributed by atoms with Crippen LogP contribution in [0.3, 0.4) is 0 Å². The summed E-state index contributed by atoms with van der Waals surface area (Å²) in [6.45, 7) is 8.25. The molecule has 0 saturated carbocycles. The molecule has 5 heteroatoms. The highest BCUT2D eigenvalue weighted by Gasteiger charge is 2.07. The molecule has 1 aromatic heterocycles. The van der Waals surface area contributed by atoms with E-state index in [2.05, 4.69) is 33.6 Å². The lowest BCUT2D eigenvalue weighted by atomic mass is 10.1. The highest BCUT2D eigenvalue weighted by Crippen LogP contribution is 2.30. The highest BCUT2D eigenvalue weighted by atomic mass is 16.3. The van der Waals surface area contributed by atoms with Crippen molar-refractivity contribution < 1.29 is 4.42 Å². The molecule has 0 aliphatic rings. The molecule has 0 aliphatic carbocycles. The predicted octanol–water partition coefficient (Wildman–Crippen LogP) is 7.15. The van der Waals surface area contributed by atoms with Crippen LogP contribution in [0.1, 0.15) is 0 Å². The number of azo groups is 2. The number of rotatable bonds is 8. The van der Waals surface area contributed by atoms with E-state index in [4.69, 9.17) is 4.42 Å². The van der Waals surface area contributed by atoms with Gasteiger partial charge in [-0.15, -0.1) is 13.2 Å². The van der Waals surface area contributed by atoms with Gasteiger partial charge in [0.25, 0.3) is 0 Å². The molecule has 0 saturated heterocycles. The molecule has 5 nitrogen and oxygen atoms in total. The predicted molar refractivity (Wildman–Crippen MR) is 109 cm³/mol. The first-order valence-electron chi connectivity index (χ1n) is 8.57. The van der Waals surface area contributed by atoms with E-state index >= 15 is 0 Å². The van der Waals surface area contributed by atoms with E-state index in [1.54, 1.807) is 12.2 Å². The first-order valence-corrected chi connectivity index (χ1v) is 8.57. The second-order valence-corrected chi connectivity index (χ2v) is 5.68. The number of furan rings is 1. The number of hydrogen-bond acceptors (Lipinski definition) is 5. The smallest absolute Gasteiger partial charge is 0.134 e. The van der Waals surface area contributed by atoms with E-state index < -0.39 is 0 Å². The van der Waals surface area contributed by atoms with Gasteiger partial charge in [0.2, 0.25) is 0 Å². The van der Waals surface area contributed by atoms with Crippen molar-refractivity contribution in [3.05, 3.63) is 86.0 Å². The lowest BCUT2D eigenvalue weighted by molar-refractivity contribution is 0.597. The van der Waals surface area contributed by atoms with E-state index in [0.29, 0.717) is 13.1 Å². The first kappa shape index (κ1) is 18.2. The molecule has 27 heavy (non-hydrogen) atoms. The maximum Gasteiger partial charge on any atom is 0.134 e. The summed E-state index contributed by atoms with van der Waals surface area (Å²) < 4.78 is 6.00. The third kappa shape index (κ3) is 4.95. The summed E-state index contributed by atoms with van der Waals surface area (Å²) in [4.78, 5) is 0. The van der Waals surface area contributed by atoms with Gasteiger partial charge in [0.15, 0.2) is 0 Å². The highest BCUT2D eigenvalue weighted by molar-refractivity contribution is 5.66. The Balaban J connectivity index is 1.72. The quantitative estimate of drug-likeness (QED) is 0.312. The Morgan fingerprint density at radius 3 is 1.41 bits per heavy atom. The summed E-state index contributed by atoms with van der Waals surface area (Å²) in [5.41, 5.74) is 3.57. The van der Waals surface area contributed by atoms with Crippen LogP contribution >= 0.6 is 0 Å². The fourth-order valence-electron chi connectivity index (χ4n) is 2.39. The van der Waals surface area contributed by atoms with Gasteiger partial charge < -0.3 is 4.42 Å². The van der Waals surface area contributed by atoms with Gasteiger partial charge >= 0.3 is 0 Å². The molecular weight excluding hydrogens is 336 g/mol. The summed E-state index contributed by atoms with van der Waals surface area (Å²) in [6.07, 6.45) is 3.41. The zero-order valence-corrected chi connectivity index (χ0v) is 15.0. The van der Waals surface area contributed by atoms with Crippen LogP contribution in [0.2, 0.25) is 0 Å². The second kappa shape index (κ2) is 9.20. The molecule has 0 amide bonds. The lowest BCUT2D eigenvalue weighted by Crippen LogP contribution is -1.74. The largest absolute Gasteiger partial charge is 0.456 e. The van der Waals surface area contributed by atoms with E-state index in [1.165, 1.54) is 0 Å². The van der Waals surface area contributed by atoms with Crippen LogP contribution in [-0.2, 0) is 0 Å². The third-order valence-corrected chi connectivity index (χ3v) is 3.70. The van der Waals surface area contributed by atoms with Crippen molar-refractivity contribution in [1.82, 2.24) is 0 Å². The molecule has 0 aliphatic heterocycles. The maximum absolute atomic E-state index is 6.00. The Morgan fingerprint density at radius 1 is 0.630 bits per heavy atom. The Kier molecular flexibility index (Phi) is 6.20. The number of benzene rings is 2. The monoisotopic (exact) mass is 356 g/mol. The molecule has 0 spiro atoms. The van der Waals surface area contributed by atoms with Crippen LogP contribution in [0.5, 0.6) is 0 Å². The minimum absolute atomic E-state index is 0.512. The zero-order chi connectivity index (χ0) is 18.9. The van der Waals surface area contributed by atoms with Gasteiger partial charge in [0.05, 0.1) is 24.5 Å². The standard InChI is InChI=1S/C22H20N4O/c1-3-15-23-25-19-9-5-17(6-10-19)21-13-14-22(27-21)18-7-11-20(12-8-18)26-24-16-4-2/h3-14H,1-2,15-16H2. The normalized spacial score (nSPS) is 11.3. The fourth-order valence-corrected chi connectivity index (χ4v) is 2.39. The van der Waals surface area contributed by atoms with Crippen molar-refractivity contribution in [2.45, 2.75) is 0 Å². The van der Waals surface area contributed by atoms with Gasteiger partial charge in [-0.3, -0.25) is 0 Å². The van der Waals surface area contributed by atoms with Crippen LogP contribution in [0, 0.1) is 0 Å². The minimum atomic E-state index is 0.512. The summed E-state index contributed by atoms with van der Waals surface area (Å²) in [5.74, 6) is 1.60. The van der Waals surface area contributed by atoms with Gasteiger partial charge in [-0.1, -0.05) is 12.2 Å². The molecular formula is C22H20N4O. The summed E-state index contributed by atoms with van der Waals surface area (Å²) >= 11 is 0. The van der Waals surface area contributed by atoms with Crippen molar-refractivity contribution in [2.75, 3.05) is 13.1 Å². The average Bonchev–Trinajstić information content (AvgIpc) is 3.20. The Hall–Kier alpha value is -3.60. The molecule has 0 unspecified atom stereocenters. The number of nitrogens with zero attached hydrogens (tertiary/aromatic N) is 4. The average molecular weight is 356 g/mol. The Morgan fingerprint density at radius 2 is 1.04 bits per heavy atom. The molecule has 0 bridgehead atoms. The first-order chi connectivity index (χ1) is 13.3. The summed E-state index contributed by atoms with van der Waals surface area (Å²) in [6, 6.07) is 19.4. The van der Waals surface area contributed by atoms with E-state index in [9.17, 15) is 0 Å². The van der Waals surface area contributed by atoms with Crippen molar-refractivity contribution in [3.63, 3.8) is 0 Å². The van der Waals surface area contributed by atoms with Crippen LogP contribution in [-0.4, -0.2) is 13.1 Å². The molecule has 134 valence electrons. The summed E-state index contributed by atoms with van der Waals surface area (Å²) in [7, 11) is 0. The molecule has 2 aromatic carbocycles. The van der Waals surface area contributed by atoms with Crippen molar-refractivity contribution in [2.24, 2.45) is 20.5 Å². The molecule has 0 N–H and O–H groups in total. The topological polar surface area (TPSA) is 62.6 Å². The summed E-state index contributed by atoms with van der Waals surface area (Å²) in [5, 5.41) is 16.2. The molecule has 3 rings (SSSR count). The van der Waals surface area contributed by atoms with E-state index in [-0.39, 0.29) is 0 Å². The van der Waals surface area contributed by atoms with Crippen LogP contribution in [0.15, 0.2) is 111 Å². The van der Waals surface area contributed by atoms with Crippen LogP contribution < -0.4 is 0 Å². The van der Waals surface area contributed by atoms with Gasteiger partial charge in [0.1, 0.15) is 11.5 Å². The molecule has 0 fully saturated rings. The number of hydrogen-bond donors (Lipinski definition) is 0.